The Morgan fingerprint density at radius 3 is 2.04 bits per heavy atom. The van der Waals surface area contributed by atoms with E-state index >= 15 is 0 Å². The van der Waals surface area contributed by atoms with E-state index in [2.05, 4.69) is 19.8 Å². The van der Waals surface area contributed by atoms with Gasteiger partial charge in [-0.3, -0.25) is 0 Å². The number of carbonyl (C=O) groups excluding carboxylic acids is 1. The second-order valence-corrected chi connectivity index (χ2v) is 6.88. The van der Waals surface area contributed by atoms with Crippen molar-refractivity contribution in [2.24, 2.45) is 0 Å². The van der Waals surface area contributed by atoms with Crippen molar-refractivity contribution in [3.63, 3.8) is 0 Å². The molecule has 1 amide bonds. The lowest BCUT2D eigenvalue weighted by Gasteiger charge is -2.30. The summed E-state index contributed by atoms with van der Waals surface area (Å²) in [6, 6.07) is -3.57. The Kier molecular flexibility index (Phi) is 16.8. The Bertz CT molecular complexity index is 376. The quantitative estimate of drug-likeness (QED) is 0.122. The van der Waals surface area contributed by atoms with Gasteiger partial charge in [0.2, 0.25) is 0 Å². The highest BCUT2D eigenvalue weighted by atomic mass is 28.2. The lowest BCUT2D eigenvalue weighted by atomic mass is 10.3. The summed E-state index contributed by atoms with van der Waals surface area (Å²) in [6.45, 7) is 6.11. The Hall–Kier alpha value is -0.953. The zero-order valence-corrected chi connectivity index (χ0v) is 18.1. The molecule has 0 aliphatic rings. The first-order valence-electron chi connectivity index (χ1n) is 8.72. The number of alkyl carbamates (subject to hydrolysis) is 1. The van der Waals surface area contributed by atoms with Crippen molar-refractivity contribution in [1.29, 1.82) is 0 Å². The normalized spacial score (nSPS) is 12.2. The van der Waals surface area contributed by atoms with Crippen LogP contribution in [-0.4, -0.2) is 79.8 Å². The minimum atomic E-state index is -4.46. The molecule has 164 valence electrons. The average Bonchev–Trinajstić information content (AvgIpc) is 2.61. The third-order valence-electron chi connectivity index (χ3n) is 2.89. The number of carbonyl (C=O) groups is 1. The topological polar surface area (TPSA) is 69.3 Å². The lowest BCUT2D eigenvalue weighted by Crippen LogP contribution is -2.54. The Morgan fingerprint density at radius 1 is 1.04 bits per heavy atom. The predicted molar refractivity (Wildman–Crippen MR) is 95.8 cm³/mol. The summed E-state index contributed by atoms with van der Waals surface area (Å²) >= 11 is 0. The molecule has 0 saturated heterocycles. The minimum Gasteiger partial charge on any atom is -0.443 e. The van der Waals surface area contributed by atoms with E-state index in [1.165, 1.54) is 0 Å². The molecule has 0 saturated carbocycles. The van der Waals surface area contributed by atoms with Gasteiger partial charge < -0.3 is 14.5 Å². The van der Waals surface area contributed by atoms with Crippen LogP contribution in [0, 0.1) is 0 Å². The van der Waals surface area contributed by atoms with Gasteiger partial charge in [-0.05, 0) is 47.3 Å². The van der Waals surface area contributed by atoms with Gasteiger partial charge in [-0.25, -0.2) is 19.5 Å². The highest BCUT2D eigenvalue weighted by Gasteiger charge is 2.59. The number of rotatable bonds is 13. The molecule has 27 heavy (non-hydrogen) atoms. The van der Waals surface area contributed by atoms with Crippen LogP contribution >= 0.6 is 0 Å². The third kappa shape index (κ3) is 13.8. The Labute approximate surface area is 160 Å². The second-order valence-electron chi connectivity index (χ2n) is 5.36. The number of ether oxygens (including phenoxy) is 1. The van der Waals surface area contributed by atoms with E-state index in [9.17, 15) is 22.4 Å². The Balaban J connectivity index is 0. The van der Waals surface area contributed by atoms with Crippen LogP contribution in [0.1, 0.15) is 27.2 Å². The maximum Gasteiger partial charge on any atom is 0.407 e. The van der Waals surface area contributed by atoms with Crippen molar-refractivity contribution in [2.45, 2.75) is 45.2 Å². The summed E-state index contributed by atoms with van der Waals surface area (Å²) in [7, 11) is 1.02. The highest BCUT2D eigenvalue weighted by molar-refractivity contribution is 6.26. The molecule has 0 radical (unpaired) electrons. The SMILES string of the molecule is CCOOCC.CCO[SiH2]CCCNC(=O)OCC(F)(F)C(F)(F)N(C)C. The lowest BCUT2D eigenvalue weighted by molar-refractivity contribution is -0.287. The van der Waals surface area contributed by atoms with Crippen molar-refractivity contribution in [2.75, 3.05) is 47.1 Å². The summed E-state index contributed by atoms with van der Waals surface area (Å²) in [6.07, 6.45) is -0.506. The maximum absolute atomic E-state index is 13.2. The molecular weight excluding hydrogens is 392 g/mol. The molecule has 0 aromatic heterocycles. The first kappa shape index (κ1) is 28.3. The number of halogens is 4. The van der Waals surface area contributed by atoms with Crippen LogP contribution in [0.2, 0.25) is 6.04 Å². The molecule has 0 spiro atoms. The molecular formula is C15H32F4N2O5Si. The molecule has 0 aromatic rings. The number of nitrogens with zero attached hydrogens (tertiary/aromatic N) is 1. The first-order chi connectivity index (χ1) is 12.6. The van der Waals surface area contributed by atoms with Crippen LogP contribution in [0.3, 0.4) is 0 Å². The smallest absolute Gasteiger partial charge is 0.407 e. The molecule has 0 fully saturated rings. The van der Waals surface area contributed by atoms with Gasteiger partial charge in [0.05, 0.1) is 13.2 Å². The van der Waals surface area contributed by atoms with Gasteiger partial charge in [0, 0.05) is 13.2 Å². The van der Waals surface area contributed by atoms with Gasteiger partial charge in [-0.15, -0.1) is 0 Å². The number of nitrogens with one attached hydrogen (secondary N) is 1. The van der Waals surface area contributed by atoms with Crippen molar-refractivity contribution in [1.82, 2.24) is 10.2 Å². The largest absolute Gasteiger partial charge is 0.443 e. The van der Waals surface area contributed by atoms with E-state index in [4.69, 9.17) is 4.43 Å². The number of alkyl halides is 4. The fourth-order valence-electron chi connectivity index (χ4n) is 1.45. The van der Waals surface area contributed by atoms with E-state index in [1.54, 1.807) is 0 Å². The minimum absolute atomic E-state index is 0.0760. The molecule has 0 atom stereocenters. The van der Waals surface area contributed by atoms with Crippen molar-refractivity contribution in [3.05, 3.63) is 0 Å². The van der Waals surface area contributed by atoms with Gasteiger partial charge >= 0.3 is 18.1 Å². The Morgan fingerprint density at radius 2 is 1.59 bits per heavy atom. The van der Waals surface area contributed by atoms with Gasteiger partial charge in [0.25, 0.3) is 0 Å². The van der Waals surface area contributed by atoms with Crippen LogP contribution < -0.4 is 5.32 Å². The summed E-state index contributed by atoms with van der Waals surface area (Å²) in [5.41, 5.74) is 0. The maximum atomic E-state index is 13.2. The molecule has 0 aromatic carbocycles. The molecule has 0 bridgehead atoms. The zero-order chi connectivity index (χ0) is 21.3. The second kappa shape index (κ2) is 16.0. The highest BCUT2D eigenvalue weighted by Crippen LogP contribution is 2.35. The summed E-state index contributed by atoms with van der Waals surface area (Å²) in [5.74, 6) is -4.46. The van der Waals surface area contributed by atoms with Gasteiger partial charge in [-0.1, -0.05) is 0 Å². The molecule has 7 nitrogen and oxygen atoms in total. The van der Waals surface area contributed by atoms with E-state index in [0.717, 1.165) is 20.1 Å². The number of amides is 1. The zero-order valence-electron chi connectivity index (χ0n) is 16.7. The van der Waals surface area contributed by atoms with E-state index < -0.39 is 34.4 Å². The fraction of sp³-hybridized carbons (Fsp3) is 0.933. The van der Waals surface area contributed by atoms with E-state index in [-0.39, 0.29) is 11.4 Å². The third-order valence-corrected chi connectivity index (χ3v) is 4.38. The standard InChI is InChI=1S/C11H22F4N2O3Si.C4H10O2/c1-4-20-21-7-5-6-16-9(18)19-8-10(12,13)11(14,15)17(2)3;1-3-5-6-4-2/h4-8,21H2,1-3H3,(H,16,18);3-4H2,1-2H3. The summed E-state index contributed by atoms with van der Waals surface area (Å²) in [5, 5.41) is 2.23. The summed E-state index contributed by atoms with van der Waals surface area (Å²) < 4.78 is 62.1. The molecule has 0 heterocycles. The van der Waals surface area contributed by atoms with Crippen LogP contribution in [0.5, 0.6) is 0 Å². The van der Waals surface area contributed by atoms with Crippen LogP contribution in [0.4, 0.5) is 22.4 Å². The predicted octanol–water partition coefficient (Wildman–Crippen LogP) is 2.41. The van der Waals surface area contributed by atoms with Crippen LogP contribution in [0.15, 0.2) is 0 Å². The first-order valence-corrected chi connectivity index (χ1v) is 10.3. The monoisotopic (exact) mass is 424 g/mol. The molecule has 0 unspecified atom stereocenters. The molecule has 12 heteroatoms. The van der Waals surface area contributed by atoms with Crippen molar-refractivity contribution in [3.8, 4) is 0 Å². The fourth-order valence-corrected chi connectivity index (χ4v) is 2.40. The molecule has 0 aliphatic heterocycles. The molecule has 0 rings (SSSR count). The van der Waals surface area contributed by atoms with Crippen molar-refractivity contribution >= 4 is 15.9 Å². The number of hydrogen-bond acceptors (Lipinski definition) is 6. The van der Waals surface area contributed by atoms with E-state index in [1.807, 2.05) is 20.8 Å². The van der Waals surface area contributed by atoms with Gasteiger partial charge in [0.1, 0.15) is 0 Å². The molecule has 1 N–H and O–H groups in total. The van der Waals surface area contributed by atoms with Gasteiger partial charge in [-0.2, -0.15) is 17.6 Å². The average molecular weight is 425 g/mol. The van der Waals surface area contributed by atoms with Crippen LogP contribution in [-0.2, 0) is 18.9 Å². The van der Waals surface area contributed by atoms with Crippen LogP contribution in [0.25, 0.3) is 0 Å². The van der Waals surface area contributed by atoms with E-state index in [0.29, 0.717) is 26.2 Å². The number of hydrogen-bond donors (Lipinski definition) is 1. The van der Waals surface area contributed by atoms with Gasteiger partial charge in [0.15, 0.2) is 16.4 Å². The molecule has 0 aliphatic carbocycles. The summed E-state index contributed by atoms with van der Waals surface area (Å²) in [4.78, 5) is 20.2. The van der Waals surface area contributed by atoms with Crippen molar-refractivity contribution < 1.29 is 41.3 Å².